The molecule has 2 amide bonds. The van der Waals surface area contributed by atoms with E-state index in [0.29, 0.717) is 28.4 Å². The Bertz CT molecular complexity index is 1590. The second kappa shape index (κ2) is 14.9. The molecule has 0 saturated heterocycles. The van der Waals surface area contributed by atoms with Gasteiger partial charge in [0, 0.05) is 12.6 Å². The average molecular weight is 693 g/mol. The number of anilines is 1. The Morgan fingerprint density at radius 1 is 0.886 bits per heavy atom. The van der Waals surface area contributed by atoms with Crippen molar-refractivity contribution in [1.82, 2.24) is 10.2 Å². The van der Waals surface area contributed by atoms with E-state index in [2.05, 4.69) is 5.32 Å². The van der Waals surface area contributed by atoms with E-state index >= 15 is 0 Å². The van der Waals surface area contributed by atoms with Crippen LogP contribution in [-0.2, 0) is 32.3 Å². The van der Waals surface area contributed by atoms with Gasteiger partial charge in [0.2, 0.25) is 11.8 Å². The maximum absolute atomic E-state index is 14.1. The molecule has 0 aliphatic rings. The molecule has 3 aromatic carbocycles. The molecule has 3 aromatic rings. The van der Waals surface area contributed by atoms with Crippen molar-refractivity contribution >= 4 is 62.3 Å². The minimum atomic E-state index is -4.83. The molecule has 0 bridgehead atoms. The summed E-state index contributed by atoms with van der Waals surface area (Å²) in [5, 5.41) is 2.96. The molecule has 0 heterocycles. The maximum atomic E-state index is 14.1. The lowest BCUT2D eigenvalue weighted by Gasteiger charge is -2.34. The lowest BCUT2D eigenvalue weighted by Crippen LogP contribution is -2.53. The molecule has 0 spiro atoms. The number of halogens is 6. The van der Waals surface area contributed by atoms with Gasteiger partial charge in [0.1, 0.15) is 12.6 Å². The van der Waals surface area contributed by atoms with Crippen LogP contribution in [0.2, 0.25) is 15.1 Å². The van der Waals surface area contributed by atoms with Crippen LogP contribution in [0, 0.1) is 0 Å². The Kier molecular flexibility index (Phi) is 12.0. The summed E-state index contributed by atoms with van der Waals surface area (Å²) in [5.41, 5.74) is -1.23. The van der Waals surface area contributed by atoms with Gasteiger partial charge in [-0.3, -0.25) is 13.9 Å². The van der Waals surface area contributed by atoms with Gasteiger partial charge >= 0.3 is 6.18 Å². The first-order valence-corrected chi connectivity index (χ1v) is 16.2. The molecule has 0 aliphatic carbocycles. The average Bonchev–Trinajstić information content (AvgIpc) is 2.97. The molecule has 0 aliphatic heterocycles. The van der Waals surface area contributed by atoms with Crippen LogP contribution in [0.3, 0.4) is 0 Å². The molecule has 2 atom stereocenters. The third-order valence-electron chi connectivity index (χ3n) is 6.88. The highest BCUT2D eigenvalue weighted by Gasteiger charge is 2.37. The smallest absolute Gasteiger partial charge is 0.352 e. The molecule has 14 heteroatoms. The summed E-state index contributed by atoms with van der Waals surface area (Å²) in [4.78, 5) is 28.4. The topological polar surface area (TPSA) is 86.8 Å². The Balaban J connectivity index is 2.17. The van der Waals surface area contributed by atoms with Gasteiger partial charge in [-0.15, -0.1) is 0 Å². The Morgan fingerprint density at radius 2 is 1.52 bits per heavy atom. The van der Waals surface area contributed by atoms with E-state index < -0.39 is 51.9 Å². The van der Waals surface area contributed by atoms with E-state index in [1.54, 1.807) is 26.0 Å². The van der Waals surface area contributed by atoms with Crippen molar-refractivity contribution < 1.29 is 31.2 Å². The summed E-state index contributed by atoms with van der Waals surface area (Å²) in [7, 11) is -4.63. The normalized spacial score (nSPS) is 13.2. The highest BCUT2D eigenvalue weighted by Crippen LogP contribution is 2.37. The van der Waals surface area contributed by atoms with Crippen LogP contribution < -0.4 is 9.62 Å². The summed E-state index contributed by atoms with van der Waals surface area (Å²) in [6.45, 7) is 4.19. The molecule has 0 radical (unpaired) electrons. The third kappa shape index (κ3) is 8.59. The van der Waals surface area contributed by atoms with Crippen LogP contribution in [0.15, 0.2) is 71.6 Å². The summed E-state index contributed by atoms with van der Waals surface area (Å²) >= 11 is 18.5. The molecule has 3 rings (SSSR count). The number of rotatable bonds is 12. The number of carbonyl (C=O) groups excluding carboxylic acids is 2. The fourth-order valence-electron chi connectivity index (χ4n) is 4.31. The van der Waals surface area contributed by atoms with Crippen molar-refractivity contribution in [1.29, 1.82) is 0 Å². The molecule has 0 unspecified atom stereocenters. The first kappa shape index (κ1) is 35.5. The predicted molar refractivity (Wildman–Crippen MR) is 166 cm³/mol. The second-order valence-electron chi connectivity index (χ2n) is 10.0. The van der Waals surface area contributed by atoms with Crippen LogP contribution in [-0.4, -0.2) is 43.8 Å². The number of hydrogen-bond donors (Lipinski definition) is 1. The Labute approximate surface area is 269 Å². The van der Waals surface area contributed by atoms with Crippen molar-refractivity contribution in [2.75, 3.05) is 10.8 Å². The standard InChI is InChI=1S/C30H31Cl3F3N3O4S/c1-4-19(3)37-29(41)26(5-2)38(17-20-11-13-23(31)25(33)15-20)28(40)18-39(44(42,43)22-9-7-6-8-10-22)27-16-21(30(34,35)36)12-14-24(27)32/h6-16,19,26H,4-5,17-18H2,1-3H3,(H,37,41)/t19-,26-/m1/s1. The van der Waals surface area contributed by atoms with Gasteiger partial charge in [-0.2, -0.15) is 13.2 Å². The first-order chi connectivity index (χ1) is 20.6. The molecule has 0 aromatic heterocycles. The van der Waals surface area contributed by atoms with E-state index in [-0.39, 0.29) is 39.0 Å². The highest BCUT2D eigenvalue weighted by atomic mass is 35.5. The largest absolute Gasteiger partial charge is 0.416 e. The lowest BCUT2D eigenvalue weighted by atomic mass is 10.1. The minimum Gasteiger partial charge on any atom is -0.352 e. The van der Waals surface area contributed by atoms with Gasteiger partial charge in [0.15, 0.2) is 0 Å². The van der Waals surface area contributed by atoms with Crippen LogP contribution in [0.5, 0.6) is 0 Å². The molecule has 7 nitrogen and oxygen atoms in total. The van der Waals surface area contributed by atoms with Crippen LogP contribution >= 0.6 is 34.8 Å². The van der Waals surface area contributed by atoms with Crippen LogP contribution in [0.1, 0.15) is 44.7 Å². The summed E-state index contributed by atoms with van der Waals surface area (Å²) in [5.74, 6) is -1.35. The molecule has 238 valence electrons. The van der Waals surface area contributed by atoms with E-state index in [0.717, 1.165) is 6.07 Å². The summed E-state index contributed by atoms with van der Waals surface area (Å²) in [6, 6.07) is 12.4. The number of alkyl halides is 3. The second-order valence-corrected chi connectivity index (χ2v) is 13.1. The molecular weight excluding hydrogens is 662 g/mol. The van der Waals surface area contributed by atoms with Gasteiger partial charge < -0.3 is 10.2 Å². The van der Waals surface area contributed by atoms with Crippen LogP contribution in [0.4, 0.5) is 18.9 Å². The van der Waals surface area contributed by atoms with E-state index in [1.807, 2.05) is 6.92 Å². The first-order valence-electron chi connectivity index (χ1n) is 13.6. The Morgan fingerprint density at radius 3 is 2.09 bits per heavy atom. The highest BCUT2D eigenvalue weighted by molar-refractivity contribution is 7.92. The fraction of sp³-hybridized carbons (Fsp3) is 0.333. The number of carbonyl (C=O) groups is 2. The van der Waals surface area contributed by atoms with Crippen molar-refractivity contribution in [2.45, 2.75) is 63.3 Å². The number of nitrogens with one attached hydrogen (secondary N) is 1. The number of amides is 2. The predicted octanol–water partition coefficient (Wildman–Crippen LogP) is 7.58. The SMILES string of the molecule is CC[C@@H](C)NC(=O)[C@@H](CC)N(Cc1ccc(Cl)c(Cl)c1)C(=O)CN(c1cc(C(F)(F)F)ccc1Cl)S(=O)(=O)c1ccccc1. The number of hydrogen-bond acceptors (Lipinski definition) is 4. The van der Waals surface area contributed by atoms with Gasteiger partial charge in [0.05, 0.1) is 31.2 Å². The third-order valence-corrected chi connectivity index (χ3v) is 9.71. The minimum absolute atomic E-state index is 0.144. The fourth-order valence-corrected chi connectivity index (χ4v) is 6.34. The Hall–Kier alpha value is -2.99. The summed E-state index contributed by atoms with van der Waals surface area (Å²) in [6.07, 6.45) is -4.07. The van der Waals surface area contributed by atoms with E-state index in [1.165, 1.54) is 41.3 Å². The zero-order valence-electron chi connectivity index (χ0n) is 24.0. The number of sulfonamides is 1. The lowest BCUT2D eigenvalue weighted by molar-refractivity contribution is -0.140. The zero-order valence-corrected chi connectivity index (χ0v) is 27.1. The van der Waals surface area contributed by atoms with Crippen LogP contribution in [0.25, 0.3) is 0 Å². The quantitative estimate of drug-likeness (QED) is 0.212. The molecule has 0 saturated carbocycles. The number of nitrogens with zero attached hydrogens (tertiary/aromatic N) is 2. The number of benzene rings is 3. The molecular formula is C30H31Cl3F3N3O4S. The molecule has 1 N–H and O–H groups in total. The van der Waals surface area contributed by atoms with Crippen molar-refractivity contribution in [3.63, 3.8) is 0 Å². The maximum Gasteiger partial charge on any atom is 0.416 e. The van der Waals surface area contributed by atoms with Gasteiger partial charge in [-0.1, -0.05) is 72.9 Å². The van der Waals surface area contributed by atoms with E-state index in [4.69, 9.17) is 34.8 Å². The van der Waals surface area contributed by atoms with Gasteiger partial charge in [-0.25, -0.2) is 8.42 Å². The van der Waals surface area contributed by atoms with Crippen molar-refractivity contribution in [2.24, 2.45) is 0 Å². The monoisotopic (exact) mass is 691 g/mol. The summed E-state index contributed by atoms with van der Waals surface area (Å²) < 4.78 is 69.4. The molecule has 44 heavy (non-hydrogen) atoms. The van der Waals surface area contributed by atoms with E-state index in [9.17, 15) is 31.2 Å². The van der Waals surface area contributed by atoms with Gasteiger partial charge in [0.25, 0.3) is 10.0 Å². The van der Waals surface area contributed by atoms with Gasteiger partial charge in [-0.05, 0) is 67.8 Å². The van der Waals surface area contributed by atoms with Crippen molar-refractivity contribution in [3.05, 3.63) is 92.9 Å². The van der Waals surface area contributed by atoms with Crippen molar-refractivity contribution in [3.8, 4) is 0 Å². The molecule has 0 fully saturated rings. The zero-order chi connectivity index (χ0) is 32.8.